The van der Waals surface area contributed by atoms with E-state index in [0.29, 0.717) is 6.42 Å². The van der Waals surface area contributed by atoms with Crippen LogP contribution in [0.15, 0.2) is 12.2 Å². The molecule has 3 saturated heterocycles. The van der Waals surface area contributed by atoms with Crippen LogP contribution < -0.4 is 11.5 Å². The number of hydrogen-bond donors (Lipinski definition) is 7. The van der Waals surface area contributed by atoms with E-state index in [4.69, 9.17) is 25.7 Å². The summed E-state index contributed by atoms with van der Waals surface area (Å²) in [5, 5.41) is 54.1. The van der Waals surface area contributed by atoms with Crippen molar-refractivity contribution in [1.29, 1.82) is 0 Å². The number of nitrogens with two attached hydrogens (primary N) is 2. The van der Waals surface area contributed by atoms with Crippen molar-refractivity contribution in [2.75, 3.05) is 13.1 Å². The highest BCUT2D eigenvalue weighted by Crippen LogP contribution is 2.39. The number of likely N-dealkylation sites (tertiary alicyclic amines) is 1. The lowest BCUT2D eigenvalue weighted by atomic mass is 9.81. The number of primary amides is 1. The zero-order valence-corrected chi connectivity index (χ0v) is 25.3. The summed E-state index contributed by atoms with van der Waals surface area (Å²) in [6, 6.07) is -1.02. The minimum atomic E-state index is -1.93. The van der Waals surface area contributed by atoms with E-state index in [1.807, 2.05) is 19.9 Å². The summed E-state index contributed by atoms with van der Waals surface area (Å²) in [6.07, 6.45) is -5.09. The van der Waals surface area contributed by atoms with E-state index in [0.717, 1.165) is 0 Å². The molecule has 13 heteroatoms. The second-order valence-electron chi connectivity index (χ2n) is 12.9. The molecular weight excluding hydrogens is 550 g/mol. The van der Waals surface area contributed by atoms with Gasteiger partial charge in [0.25, 0.3) is 0 Å². The number of allylic oxidation sites excluding steroid dienone is 1. The molecule has 12 atom stereocenters. The van der Waals surface area contributed by atoms with E-state index >= 15 is 0 Å². The molecule has 3 fully saturated rings. The summed E-state index contributed by atoms with van der Waals surface area (Å²) in [6.45, 7) is 9.50. The van der Waals surface area contributed by atoms with Crippen LogP contribution in [-0.2, 0) is 23.8 Å². The number of carbonyl (C=O) groups is 2. The van der Waals surface area contributed by atoms with Gasteiger partial charge in [0.15, 0.2) is 12.1 Å². The van der Waals surface area contributed by atoms with Crippen LogP contribution in [0.4, 0.5) is 0 Å². The smallest absolute Gasteiger partial charge is 0.230 e. The Morgan fingerprint density at radius 3 is 2.38 bits per heavy atom. The van der Waals surface area contributed by atoms with E-state index in [1.165, 1.54) is 4.90 Å². The van der Waals surface area contributed by atoms with Crippen LogP contribution in [-0.4, -0.2) is 116 Å². The first kappa shape index (κ1) is 34.8. The fourth-order valence-electron chi connectivity index (χ4n) is 5.83. The molecule has 0 bridgehead atoms. The van der Waals surface area contributed by atoms with Crippen LogP contribution in [0.3, 0.4) is 0 Å². The monoisotopic (exact) mass is 601 g/mol. The lowest BCUT2D eigenvalue weighted by Crippen LogP contribution is -2.62. The van der Waals surface area contributed by atoms with Crippen LogP contribution in [0.5, 0.6) is 0 Å². The third-order valence-corrected chi connectivity index (χ3v) is 8.58. The van der Waals surface area contributed by atoms with Gasteiger partial charge in [0.1, 0.15) is 6.10 Å². The van der Waals surface area contributed by atoms with Gasteiger partial charge in [-0.05, 0) is 25.2 Å². The van der Waals surface area contributed by atoms with Gasteiger partial charge >= 0.3 is 0 Å². The Morgan fingerprint density at radius 1 is 1.14 bits per heavy atom. The molecule has 5 unspecified atom stereocenters. The number of rotatable bonds is 11. The number of carbonyl (C=O) groups excluding carboxylic acids is 2. The lowest BCUT2D eigenvalue weighted by molar-refractivity contribution is -0.308. The highest BCUT2D eigenvalue weighted by atomic mass is 16.7. The van der Waals surface area contributed by atoms with E-state index in [1.54, 1.807) is 26.8 Å². The number of hydrogen-bond acceptors (Lipinski definition) is 11. The van der Waals surface area contributed by atoms with Gasteiger partial charge in [-0.3, -0.25) is 9.59 Å². The predicted octanol–water partition coefficient (Wildman–Crippen LogP) is -1.04. The van der Waals surface area contributed by atoms with Crippen molar-refractivity contribution < 1.29 is 49.3 Å². The zero-order valence-electron chi connectivity index (χ0n) is 25.3. The minimum absolute atomic E-state index is 0.0391. The molecule has 242 valence electrons. The summed E-state index contributed by atoms with van der Waals surface area (Å²) in [5.74, 6) is -4.58. The molecule has 0 radical (unpaired) electrons. The SMILES string of the molecule is CC(C)/C=C/[C@@H](C[C@@H]1O[C@](O)(C[C@@H](O)C(C)C)C[C@H](O)[C@H]1C(=O)N1CC[C@H](C(N)=O)C1)OC1OC(C)C(O)C(N)C1O. The Morgan fingerprint density at radius 2 is 1.81 bits per heavy atom. The average molecular weight is 602 g/mol. The maximum atomic E-state index is 13.8. The van der Waals surface area contributed by atoms with E-state index in [9.17, 15) is 35.1 Å². The summed E-state index contributed by atoms with van der Waals surface area (Å²) in [4.78, 5) is 27.0. The normalized spacial score (nSPS) is 39.3. The molecule has 0 spiro atoms. The Kier molecular flexibility index (Phi) is 11.9. The van der Waals surface area contributed by atoms with Gasteiger partial charge in [-0.15, -0.1) is 0 Å². The molecule has 3 rings (SSSR count). The first-order valence-electron chi connectivity index (χ1n) is 15.0. The van der Waals surface area contributed by atoms with Crippen LogP contribution in [0.1, 0.15) is 60.3 Å². The topological polar surface area (TPSA) is 218 Å². The first-order valence-corrected chi connectivity index (χ1v) is 15.0. The van der Waals surface area contributed by atoms with Gasteiger partial charge in [-0.2, -0.15) is 0 Å². The standard InChI is InChI=1S/C29H51N3O10/c1-14(2)6-7-18(41-28-25(36)23(30)24(35)16(5)40-28)10-21-22(27(38)32-9-8-17(13-32)26(31)37)20(34)12-29(39,42-21)11-19(33)15(3)4/h6-7,14-25,28,33-36,39H,8-13,30H2,1-5H3,(H2,31,37)/b7-6+/t16?,17-,18-,19+,20-,21-,22+,23?,24?,25?,28?,29+/m0/s1. The van der Waals surface area contributed by atoms with E-state index in [-0.39, 0.29) is 44.2 Å². The second-order valence-corrected chi connectivity index (χ2v) is 12.9. The number of amides is 2. The lowest BCUT2D eigenvalue weighted by Gasteiger charge is -2.46. The summed E-state index contributed by atoms with van der Waals surface area (Å²) in [7, 11) is 0. The highest BCUT2D eigenvalue weighted by molar-refractivity contribution is 5.83. The van der Waals surface area contributed by atoms with Crippen LogP contribution in [0.25, 0.3) is 0 Å². The summed E-state index contributed by atoms with van der Waals surface area (Å²) >= 11 is 0. The van der Waals surface area contributed by atoms with Gasteiger partial charge in [-0.25, -0.2) is 0 Å². The molecule has 0 saturated carbocycles. The van der Waals surface area contributed by atoms with E-state index in [2.05, 4.69) is 0 Å². The van der Waals surface area contributed by atoms with Crippen molar-refractivity contribution in [3.8, 4) is 0 Å². The third-order valence-electron chi connectivity index (χ3n) is 8.58. The largest absolute Gasteiger partial charge is 0.393 e. The molecule has 3 heterocycles. The number of aliphatic hydroxyl groups is 5. The molecule has 2 amide bonds. The second kappa shape index (κ2) is 14.4. The van der Waals surface area contributed by atoms with E-state index < -0.39 is 84.5 Å². The molecular formula is C29H51N3O10. The quantitative estimate of drug-likeness (QED) is 0.142. The Bertz CT molecular complexity index is 951. The van der Waals surface area contributed by atoms with Gasteiger partial charge in [-0.1, -0.05) is 39.8 Å². The molecule has 0 aromatic heterocycles. The van der Waals surface area contributed by atoms with Gasteiger partial charge in [0, 0.05) is 32.4 Å². The van der Waals surface area contributed by atoms with Crippen LogP contribution >= 0.6 is 0 Å². The average Bonchev–Trinajstić information content (AvgIpc) is 3.39. The first-order chi connectivity index (χ1) is 19.5. The summed E-state index contributed by atoms with van der Waals surface area (Å²) in [5.41, 5.74) is 11.5. The predicted molar refractivity (Wildman–Crippen MR) is 151 cm³/mol. The third kappa shape index (κ3) is 8.48. The fraction of sp³-hybridized carbons (Fsp3) is 0.862. The van der Waals surface area contributed by atoms with Gasteiger partial charge < -0.3 is 56.1 Å². The van der Waals surface area contributed by atoms with Crippen LogP contribution in [0.2, 0.25) is 0 Å². The molecule has 0 aromatic rings. The van der Waals surface area contributed by atoms with Crippen LogP contribution in [0, 0.1) is 23.7 Å². The van der Waals surface area contributed by atoms with Crippen molar-refractivity contribution in [1.82, 2.24) is 4.90 Å². The Balaban J connectivity index is 1.91. The van der Waals surface area contributed by atoms with Gasteiger partial charge in [0.05, 0.1) is 54.5 Å². The fourth-order valence-corrected chi connectivity index (χ4v) is 5.83. The van der Waals surface area contributed by atoms with Crippen molar-refractivity contribution in [2.45, 2.75) is 121 Å². The maximum Gasteiger partial charge on any atom is 0.230 e. The maximum absolute atomic E-state index is 13.8. The molecule has 0 aromatic carbocycles. The Hall–Kier alpha value is -1.68. The minimum Gasteiger partial charge on any atom is -0.393 e. The zero-order chi connectivity index (χ0) is 31.5. The van der Waals surface area contributed by atoms with Crippen molar-refractivity contribution >= 4 is 11.8 Å². The number of ether oxygens (including phenoxy) is 3. The molecule has 9 N–H and O–H groups in total. The molecule has 3 aliphatic heterocycles. The Labute approximate surface area is 247 Å². The molecule has 0 aliphatic carbocycles. The molecule has 42 heavy (non-hydrogen) atoms. The van der Waals surface area contributed by atoms with Gasteiger partial charge in [0.2, 0.25) is 11.8 Å². The van der Waals surface area contributed by atoms with Crippen molar-refractivity contribution in [3.63, 3.8) is 0 Å². The number of nitrogens with zero attached hydrogens (tertiary/aromatic N) is 1. The molecule has 3 aliphatic rings. The number of aliphatic hydroxyl groups excluding tert-OH is 4. The summed E-state index contributed by atoms with van der Waals surface area (Å²) < 4.78 is 18.0. The highest BCUT2D eigenvalue weighted by Gasteiger charge is 2.52. The van der Waals surface area contributed by atoms with Crippen molar-refractivity contribution in [2.24, 2.45) is 35.1 Å². The molecule has 13 nitrogen and oxygen atoms in total. The van der Waals surface area contributed by atoms with Crippen molar-refractivity contribution in [3.05, 3.63) is 12.2 Å².